The third-order valence-electron chi connectivity index (χ3n) is 3.27. The number of carbonyl (C=O) groups is 1. The minimum absolute atomic E-state index is 0.0166. The molecule has 0 radical (unpaired) electrons. The van der Waals surface area contributed by atoms with Gasteiger partial charge in [-0.2, -0.15) is 4.99 Å². The van der Waals surface area contributed by atoms with Gasteiger partial charge < -0.3 is 4.57 Å². The maximum atomic E-state index is 12.1. The number of thiazole rings is 1. The first-order valence-electron chi connectivity index (χ1n) is 7.10. The number of carbonyl (C=O) groups excluding carboxylic acids is 1. The molecule has 124 valence electrons. The third-order valence-corrected chi connectivity index (χ3v) is 5.14. The fourth-order valence-electron chi connectivity index (χ4n) is 2.18. The van der Waals surface area contributed by atoms with Crippen molar-refractivity contribution in [2.24, 2.45) is 4.99 Å². The highest BCUT2D eigenvalue weighted by atomic mass is 32.1. The number of nitro benzene ring substituents is 1. The van der Waals surface area contributed by atoms with Gasteiger partial charge in [-0.1, -0.05) is 23.3 Å². The fourth-order valence-corrected chi connectivity index (χ4v) is 3.86. The Morgan fingerprint density at radius 2 is 2.28 bits per heavy atom. The lowest BCUT2D eigenvalue weighted by Gasteiger charge is -1.98. The van der Waals surface area contributed by atoms with E-state index in [4.69, 9.17) is 6.42 Å². The Labute approximate surface area is 150 Å². The average Bonchev–Trinajstić information content (AvgIpc) is 3.21. The molecule has 0 aliphatic carbocycles. The molecule has 1 amide bonds. The highest BCUT2D eigenvalue weighted by molar-refractivity contribution is 7.16. The molecule has 2 heterocycles. The van der Waals surface area contributed by atoms with Gasteiger partial charge in [-0.05, 0) is 23.6 Å². The summed E-state index contributed by atoms with van der Waals surface area (Å²) in [5.41, 5.74) is 0.694. The van der Waals surface area contributed by atoms with Gasteiger partial charge in [0.2, 0.25) is 0 Å². The molecule has 0 unspecified atom stereocenters. The summed E-state index contributed by atoms with van der Waals surface area (Å²) in [6.07, 6.45) is 8.48. The zero-order chi connectivity index (χ0) is 17.8. The van der Waals surface area contributed by atoms with Crippen LogP contribution in [0.2, 0.25) is 0 Å². The number of fused-ring (bicyclic) bond motifs is 1. The largest absolute Gasteiger partial charge is 0.305 e. The molecule has 0 saturated heterocycles. The van der Waals surface area contributed by atoms with E-state index in [1.165, 1.54) is 40.9 Å². The van der Waals surface area contributed by atoms with Gasteiger partial charge >= 0.3 is 0 Å². The van der Waals surface area contributed by atoms with E-state index < -0.39 is 10.8 Å². The maximum Gasteiger partial charge on any atom is 0.272 e. The van der Waals surface area contributed by atoms with Crippen molar-refractivity contribution in [2.75, 3.05) is 0 Å². The number of hydrogen-bond donors (Lipinski definition) is 0. The fraction of sp³-hybridized carbons (Fsp3) is 0.0588. The van der Waals surface area contributed by atoms with E-state index >= 15 is 0 Å². The maximum absolute atomic E-state index is 12.1. The number of benzene rings is 1. The van der Waals surface area contributed by atoms with E-state index in [2.05, 4.69) is 10.9 Å². The molecule has 25 heavy (non-hydrogen) atoms. The van der Waals surface area contributed by atoms with Crippen molar-refractivity contribution in [2.45, 2.75) is 6.54 Å². The van der Waals surface area contributed by atoms with Crippen molar-refractivity contribution < 1.29 is 9.72 Å². The Balaban J connectivity index is 2.04. The van der Waals surface area contributed by atoms with E-state index in [0.29, 0.717) is 15.0 Å². The predicted molar refractivity (Wildman–Crippen MR) is 99.2 cm³/mol. The second-order valence-corrected chi connectivity index (χ2v) is 6.87. The summed E-state index contributed by atoms with van der Waals surface area (Å²) in [7, 11) is 0. The van der Waals surface area contributed by atoms with Crippen LogP contribution in [-0.4, -0.2) is 15.4 Å². The molecule has 3 rings (SSSR count). The van der Waals surface area contributed by atoms with Crippen LogP contribution in [-0.2, 0) is 11.3 Å². The number of amides is 1. The molecule has 0 N–H and O–H groups in total. The van der Waals surface area contributed by atoms with Crippen molar-refractivity contribution in [3.8, 4) is 12.3 Å². The number of aromatic nitrogens is 1. The topological polar surface area (TPSA) is 77.5 Å². The summed E-state index contributed by atoms with van der Waals surface area (Å²) in [5, 5.41) is 12.8. The van der Waals surface area contributed by atoms with Gasteiger partial charge in [0.05, 0.1) is 21.7 Å². The number of hydrogen-bond acceptors (Lipinski definition) is 5. The van der Waals surface area contributed by atoms with Crippen molar-refractivity contribution in [1.29, 1.82) is 0 Å². The first kappa shape index (κ1) is 16.8. The molecule has 0 spiro atoms. The van der Waals surface area contributed by atoms with Gasteiger partial charge in [0.1, 0.15) is 0 Å². The minimum Gasteiger partial charge on any atom is -0.305 e. The van der Waals surface area contributed by atoms with E-state index in [1.54, 1.807) is 16.7 Å². The van der Waals surface area contributed by atoms with Gasteiger partial charge in [-0.25, -0.2) is 0 Å². The molecular weight excluding hydrogens is 358 g/mol. The molecule has 1 aromatic carbocycles. The first-order valence-corrected chi connectivity index (χ1v) is 8.79. The molecule has 2 aromatic heterocycles. The monoisotopic (exact) mass is 369 g/mol. The minimum atomic E-state index is -0.462. The number of thiophene rings is 1. The zero-order valence-electron chi connectivity index (χ0n) is 12.8. The quantitative estimate of drug-likeness (QED) is 0.306. The zero-order valence-corrected chi connectivity index (χ0v) is 14.4. The van der Waals surface area contributed by atoms with Crippen molar-refractivity contribution >= 4 is 50.6 Å². The van der Waals surface area contributed by atoms with Gasteiger partial charge in [0.25, 0.3) is 11.6 Å². The van der Waals surface area contributed by atoms with Crippen LogP contribution >= 0.6 is 22.7 Å². The smallest absolute Gasteiger partial charge is 0.272 e. The second kappa shape index (κ2) is 7.25. The Kier molecular flexibility index (Phi) is 4.88. The molecule has 0 atom stereocenters. The second-order valence-electron chi connectivity index (χ2n) is 4.88. The normalized spacial score (nSPS) is 11.9. The Bertz CT molecular complexity index is 1080. The van der Waals surface area contributed by atoms with Crippen LogP contribution in [0.3, 0.4) is 0 Å². The number of nitrogens with zero attached hydrogens (tertiary/aromatic N) is 3. The molecule has 0 fully saturated rings. The summed E-state index contributed by atoms with van der Waals surface area (Å²) in [4.78, 5) is 28.0. The summed E-state index contributed by atoms with van der Waals surface area (Å²) in [6.45, 7) is 0.221. The lowest BCUT2D eigenvalue weighted by molar-refractivity contribution is -0.384. The van der Waals surface area contributed by atoms with Crippen molar-refractivity contribution in [3.63, 3.8) is 0 Å². The highest BCUT2D eigenvalue weighted by Gasteiger charge is 2.11. The molecule has 0 bridgehead atoms. The standard InChI is InChI=1S/C17H11N3O3S2/c1-2-9-19-14-7-5-12(20(22)23)11-15(14)25-17(19)18-16(21)8-6-13-4-3-10-24-13/h1,3-8,10-11H,9H2. The summed E-state index contributed by atoms with van der Waals surface area (Å²) < 4.78 is 2.35. The third kappa shape index (κ3) is 3.74. The van der Waals surface area contributed by atoms with Crippen LogP contribution in [0.5, 0.6) is 0 Å². The molecule has 0 saturated carbocycles. The van der Waals surface area contributed by atoms with Gasteiger partial charge in [0, 0.05) is 23.1 Å². The highest BCUT2D eigenvalue weighted by Crippen LogP contribution is 2.23. The average molecular weight is 369 g/mol. The number of nitro groups is 1. The number of rotatable bonds is 4. The molecule has 3 aromatic rings. The van der Waals surface area contributed by atoms with Crippen LogP contribution in [0.4, 0.5) is 5.69 Å². The van der Waals surface area contributed by atoms with Gasteiger partial charge in [0.15, 0.2) is 4.80 Å². The number of terminal acetylenes is 1. The number of non-ortho nitro benzene ring substituents is 1. The Morgan fingerprint density at radius 3 is 2.96 bits per heavy atom. The lowest BCUT2D eigenvalue weighted by Crippen LogP contribution is -2.15. The van der Waals surface area contributed by atoms with E-state index in [9.17, 15) is 14.9 Å². The Hall–Kier alpha value is -3.02. The Morgan fingerprint density at radius 1 is 1.44 bits per heavy atom. The van der Waals surface area contributed by atoms with Gasteiger partial charge in [-0.3, -0.25) is 14.9 Å². The summed E-state index contributed by atoms with van der Waals surface area (Å²) >= 11 is 2.71. The molecule has 0 aliphatic rings. The predicted octanol–water partition coefficient (Wildman–Crippen LogP) is 3.45. The van der Waals surface area contributed by atoms with E-state index in [0.717, 1.165) is 4.88 Å². The van der Waals surface area contributed by atoms with E-state index in [-0.39, 0.29) is 12.2 Å². The van der Waals surface area contributed by atoms with Gasteiger partial charge in [-0.15, -0.1) is 17.8 Å². The lowest BCUT2D eigenvalue weighted by atomic mass is 10.3. The van der Waals surface area contributed by atoms with E-state index in [1.807, 2.05) is 17.5 Å². The van der Waals surface area contributed by atoms with Crippen LogP contribution in [0.1, 0.15) is 4.88 Å². The molecule has 8 heteroatoms. The van der Waals surface area contributed by atoms with Crippen LogP contribution < -0.4 is 4.80 Å². The SMILES string of the molecule is C#CCn1c(=NC(=O)C=Cc2cccs2)sc2cc([N+](=O)[O-])ccc21. The van der Waals surface area contributed by atoms with Crippen LogP contribution in [0.15, 0.2) is 46.8 Å². The van der Waals surface area contributed by atoms with Crippen LogP contribution in [0.25, 0.3) is 16.3 Å². The first-order chi connectivity index (χ1) is 12.1. The van der Waals surface area contributed by atoms with Crippen molar-refractivity contribution in [3.05, 3.63) is 61.6 Å². The summed E-state index contributed by atoms with van der Waals surface area (Å²) in [5.74, 6) is 2.10. The molecular formula is C17H11N3O3S2. The van der Waals surface area contributed by atoms with Crippen molar-refractivity contribution in [1.82, 2.24) is 4.57 Å². The molecule has 6 nitrogen and oxygen atoms in total. The molecule has 0 aliphatic heterocycles. The summed E-state index contributed by atoms with van der Waals surface area (Å²) in [6, 6.07) is 8.27. The van der Waals surface area contributed by atoms with Crippen LogP contribution in [0, 0.1) is 22.5 Å².